The van der Waals surface area contributed by atoms with E-state index in [1.807, 2.05) is 6.92 Å². The molecule has 0 aliphatic carbocycles. The van der Waals surface area contributed by atoms with E-state index in [1.54, 1.807) is 6.08 Å². The Morgan fingerprint density at radius 2 is 2.50 bits per heavy atom. The van der Waals surface area contributed by atoms with Crippen LogP contribution in [0.3, 0.4) is 0 Å². The molecular formula is C6H11NS. The molecule has 0 bridgehead atoms. The molecule has 0 aromatic rings. The molecule has 0 heterocycles. The molecule has 0 radical (unpaired) electrons. The summed E-state index contributed by atoms with van der Waals surface area (Å²) in [6.45, 7) is 6.14. The molecular weight excluding hydrogens is 118 g/mol. The van der Waals surface area contributed by atoms with Crippen LogP contribution in [0.4, 0.5) is 0 Å². The predicted molar refractivity (Wildman–Crippen MR) is 41.0 cm³/mol. The zero-order valence-corrected chi connectivity index (χ0v) is 5.87. The van der Waals surface area contributed by atoms with E-state index in [9.17, 15) is 0 Å². The lowest BCUT2D eigenvalue weighted by Crippen LogP contribution is -2.16. The summed E-state index contributed by atoms with van der Waals surface area (Å²) in [7, 11) is 0. The van der Waals surface area contributed by atoms with Gasteiger partial charge in [0.2, 0.25) is 0 Å². The SMILES string of the molecule is C=CC(=S)C(C)CN. The van der Waals surface area contributed by atoms with Crippen molar-refractivity contribution in [2.45, 2.75) is 6.92 Å². The molecule has 0 spiro atoms. The molecule has 0 rings (SSSR count). The molecule has 46 valence electrons. The summed E-state index contributed by atoms with van der Waals surface area (Å²) in [5, 5.41) is 0. The summed E-state index contributed by atoms with van der Waals surface area (Å²) < 4.78 is 0. The van der Waals surface area contributed by atoms with Crippen molar-refractivity contribution >= 4 is 17.1 Å². The minimum atomic E-state index is 0.308. The lowest BCUT2D eigenvalue weighted by atomic mass is 10.1. The summed E-state index contributed by atoms with van der Waals surface area (Å²) >= 11 is 4.88. The molecule has 2 heteroatoms. The highest BCUT2D eigenvalue weighted by atomic mass is 32.1. The first kappa shape index (κ1) is 7.79. The van der Waals surface area contributed by atoms with Gasteiger partial charge < -0.3 is 5.73 Å². The quantitative estimate of drug-likeness (QED) is 0.457. The summed E-state index contributed by atoms with van der Waals surface area (Å²) in [5.41, 5.74) is 5.31. The number of hydrogen-bond acceptors (Lipinski definition) is 2. The Hall–Kier alpha value is -0.210. The average molecular weight is 129 g/mol. The van der Waals surface area contributed by atoms with Crippen LogP contribution in [-0.2, 0) is 0 Å². The first-order valence-corrected chi connectivity index (χ1v) is 2.99. The van der Waals surface area contributed by atoms with Crippen LogP contribution in [0.2, 0.25) is 0 Å². The van der Waals surface area contributed by atoms with Crippen LogP contribution in [0.25, 0.3) is 0 Å². The molecule has 2 N–H and O–H groups in total. The molecule has 0 aliphatic heterocycles. The van der Waals surface area contributed by atoms with Gasteiger partial charge in [-0.3, -0.25) is 0 Å². The van der Waals surface area contributed by atoms with Crippen LogP contribution in [0.15, 0.2) is 12.7 Å². The van der Waals surface area contributed by atoms with Gasteiger partial charge in [0.15, 0.2) is 0 Å². The normalized spacial score (nSPS) is 12.8. The van der Waals surface area contributed by atoms with Crippen LogP contribution in [0.5, 0.6) is 0 Å². The summed E-state index contributed by atoms with van der Waals surface area (Å²) in [4.78, 5) is 0.854. The molecule has 1 unspecified atom stereocenters. The van der Waals surface area contributed by atoms with Gasteiger partial charge >= 0.3 is 0 Å². The number of rotatable bonds is 3. The zero-order valence-electron chi connectivity index (χ0n) is 5.05. The molecule has 0 aromatic heterocycles. The molecule has 0 saturated heterocycles. The van der Waals surface area contributed by atoms with Crippen molar-refractivity contribution in [3.05, 3.63) is 12.7 Å². The van der Waals surface area contributed by atoms with E-state index in [1.165, 1.54) is 0 Å². The fraction of sp³-hybridized carbons (Fsp3) is 0.500. The first-order valence-electron chi connectivity index (χ1n) is 2.58. The van der Waals surface area contributed by atoms with Crippen molar-refractivity contribution in [3.63, 3.8) is 0 Å². The van der Waals surface area contributed by atoms with Gasteiger partial charge in [-0.2, -0.15) is 0 Å². The Balaban J connectivity index is 3.62. The summed E-state index contributed by atoms with van der Waals surface area (Å²) in [6.07, 6.45) is 1.67. The molecule has 0 fully saturated rings. The van der Waals surface area contributed by atoms with Gasteiger partial charge in [0.25, 0.3) is 0 Å². The van der Waals surface area contributed by atoms with Crippen molar-refractivity contribution in [2.75, 3.05) is 6.54 Å². The third-order valence-electron chi connectivity index (χ3n) is 1.04. The Bertz CT molecular complexity index is 98.7. The van der Waals surface area contributed by atoms with E-state index >= 15 is 0 Å². The van der Waals surface area contributed by atoms with Gasteiger partial charge in [0.05, 0.1) is 0 Å². The summed E-state index contributed by atoms with van der Waals surface area (Å²) in [5.74, 6) is 0.308. The fourth-order valence-electron chi connectivity index (χ4n) is 0.317. The van der Waals surface area contributed by atoms with E-state index < -0.39 is 0 Å². The van der Waals surface area contributed by atoms with Crippen LogP contribution >= 0.6 is 12.2 Å². The minimum Gasteiger partial charge on any atom is -0.330 e. The second kappa shape index (κ2) is 3.75. The van der Waals surface area contributed by atoms with Crippen molar-refractivity contribution in [3.8, 4) is 0 Å². The number of thiocarbonyl (C=S) groups is 1. The second-order valence-corrected chi connectivity index (χ2v) is 2.21. The standard InChI is InChI=1S/C6H11NS/c1-3-6(8)5(2)4-7/h3,5H,1,4,7H2,2H3. The van der Waals surface area contributed by atoms with Gasteiger partial charge in [0, 0.05) is 10.8 Å². The largest absolute Gasteiger partial charge is 0.330 e. The molecule has 8 heavy (non-hydrogen) atoms. The highest BCUT2D eigenvalue weighted by molar-refractivity contribution is 7.80. The lowest BCUT2D eigenvalue weighted by molar-refractivity contribution is 0.797. The van der Waals surface area contributed by atoms with E-state index in [4.69, 9.17) is 18.0 Å². The average Bonchev–Trinajstić information content (AvgIpc) is 1.84. The molecule has 0 amide bonds. The van der Waals surface area contributed by atoms with E-state index in [0.29, 0.717) is 12.5 Å². The highest BCUT2D eigenvalue weighted by Gasteiger charge is 1.99. The van der Waals surface area contributed by atoms with Crippen molar-refractivity contribution in [1.82, 2.24) is 0 Å². The van der Waals surface area contributed by atoms with Crippen molar-refractivity contribution in [2.24, 2.45) is 11.7 Å². The smallest absolute Gasteiger partial charge is 0.0187 e. The first-order chi connectivity index (χ1) is 3.72. The lowest BCUT2D eigenvalue weighted by Gasteiger charge is -2.03. The Morgan fingerprint density at radius 3 is 2.62 bits per heavy atom. The maximum atomic E-state index is 5.31. The minimum absolute atomic E-state index is 0.308. The van der Waals surface area contributed by atoms with E-state index in [0.717, 1.165) is 4.86 Å². The van der Waals surface area contributed by atoms with Gasteiger partial charge in [-0.15, -0.1) is 0 Å². The van der Waals surface area contributed by atoms with Gasteiger partial charge in [0.1, 0.15) is 0 Å². The number of hydrogen-bond donors (Lipinski definition) is 1. The molecule has 0 aliphatic rings. The van der Waals surface area contributed by atoms with E-state index in [2.05, 4.69) is 6.58 Å². The van der Waals surface area contributed by atoms with E-state index in [-0.39, 0.29) is 0 Å². The third kappa shape index (κ3) is 2.19. The topological polar surface area (TPSA) is 26.0 Å². The van der Waals surface area contributed by atoms with Crippen molar-refractivity contribution in [1.29, 1.82) is 0 Å². The van der Waals surface area contributed by atoms with Crippen LogP contribution in [-0.4, -0.2) is 11.4 Å². The maximum absolute atomic E-state index is 5.31. The van der Waals surface area contributed by atoms with Crippen LogP contribution < -0.4 is 5.73 Å². The Labute approximate surface area is 55.6 Å². The second-order valence-electron chi connectivity index (χ2n) is 1.74. The number of nitrogens with two attached hydrogens (primary N) is 1. The van der Waals surface area contributed by atoms with Crippen LogP contribution in [0, 0.1) is 5.92 Å². The number of allylic oxidation sites excluding steroid dienone is 1. The molecule has 0 aromatic carbocycles. The fourth-order valence-corrected chi connectivity index (χ4v) is 0.414. The maximum Gasteiger partial charge on any atom is 0.0187 e. The van der Waals surface area contributed by atoms with Gasteiger partial charge in [-0.1, -0.05) is 31.8 Å². The monoisotopic (exact) mass is 129 g/mol. The molecule has 0 saturated carbocycles. The zero-order chi connectivity index (χ0) is 6.57. The Kier molecular flexibility index (Phi) is 3.65. The highest BCUT2D eigenvalue weighted by Crippen LogP contribution is 1.95. The van der Waals surface area contributed by atoms with Gasteiger partial charge in [-0.05, 0) is 6.54 Å². The van der Waals surface area contributed by atoms with Crippen molar-refractivity contribution < 1.29 is 0 Å². The molecule has 1 nitrogen and oxygen atoms in total. The Morgan fingerprint density at radius 1 is 2.00 bits per heavy atom. The summed E-state index contributed by atoms with van der Waals surface area (Å²) in [6, 6.07) is 0. The molecule has 1 atom stereocenters. The van der Waals surface area contributed by atoms with Crippen LogP contribution in [0.1, 0.15) is 6.92 Å². The third-order valence-corrected chi connectivity index (χ3v) is 1.61. The van der Waals surface area contributed by atoms with Gasteiger partial charge in [-0.25, -0.2) is 0 Å². The predicted octanol–water partition coefficient (Wildman–Crippen LogP) is 1.14.